The number of halogens is 6. The lowest BCUT2D eigenvalue weighted by atomic mass is 9.89. The summed E-state index contributed by atoms with van der Waals surface area (Å²) in [6, 6.07) is 4.70. The van der Waals surface area contributed by atoms with Crippen LogP contribution in [0.2, 0.25) is 0 Å². The van der Waals surface area contributed by atoms with Gasteiger partial charge in [0.15, 0.2) is 17.8 Å². The Balaban J connectivity index is 2.22. The second-order valence-electron chi connectivity index (χ2n) is 8.96. The Bertz CT molecular complexity index is 1190. The van der Waals surface area contributed by atoms with E-state index in [1.165, 1.54) is 45.0 Å². The zero-order valence-corrected chi connectivity index (χ0v) is 21.0. The molecule has 1 aromatic carbocycles. The highest BCUT2D eigenvalue weighted by atomic mass is 79.9. The normalized spacial score (nSPS) is 22.3. The molecule has 3 atom stereocenters. The molecule has 0 fully saturated rings. The molecular weight excluding hydrogens is 557 g/mol. The number of ether oxygens (including phenoxy) is 2. The molecule has 7 nitrogen and oxygen atoms in total. The number of imide groups is 1. The third kappa shape index (κ3) is 5.66. The largest absolute Gasteiger partial charge is 0.448 e. The number of carbonyl (C=O) groups is 2. The Morgan fingerprint density at radius 2 is 1.72 bits per heavy atom. The zero-order valence-electron chi connectivity index (χ0n) is 19.4. The van der Waals surface area contributed by atoms with Crippen LogP contribution in [-0.2, 0) is 15.1 Å². The lowest BCUT2D eigenvalue weighted by Crippen LogP contribution is -2.58. The van der Waals surface area contributed by atoms with Crippen molar-refractivity contribution in [3.63, 3.8) is 0 Å². The van der Waals surface area contributed by atoms with Crippen LogP contribution in [0.25, 0.3) is 0 Å². The summed E-state index contributed by atoms with van der Waals surface area (Å²) >= 11 is 2.97. The van der Waals surface area contributed by atoms with Gasteiger partial charge in [0, 0.05) is 5.56 Å². The predicted molar refractivity (Wildman–Crippen MR) is 121 cm³/mol. The molecule has 3 rings (SSSR count). The van der Waals surface area contributed by atoms with Crippen molar-refractivity contribution in [1.29, 1.82) is 0 Å². The molecule has 0 spiro atoms. The average molecular weight is 578 g/mol. The van der Waals surface area contributed by atoms with Crippen molar-refractivity contribution in [2.75, 3.05) is 0 Å². The summed E-state index contributed by atoms with van der Waals surface area (Å²) in [5, 5.41) is 0. The number of alkyl halides is 4. The summed E-state index contributed by atoms with van der Waals surface area (Å²) in [4.78, 5) is 33.4. The number of aromatic nitrogens is 1. The van der Waals surface area contributed by atoms with Crippen LogP contribution >= 0.6 is 15.9 Å². The smallest absolute Gasteiger partial charge is 0.425 e. The van der Waals surface area contributed by atoms with Gasteiger partial charge in [0.1, 0.15) is 21.7 Å². The topological polar surface area (TPSA) is 81.1 Å². The summed E-state index contributed by atoms with van der Waals surface area (Å²) in [6.45, 7) is 5.20. The molecule has 1 aliphatic rings. The molecule has 2 amide bonds. The van der Waals surface area contributed by atoms with E-state index in [0.29, 0.717) is 0 Å². The number of amidine groups is 1. The SMILES string of the molecule is CC(C)(C)OC(=O)N(C(=O)c1ccccc1)C1=N[C@@H](C(F)(F)F)[C@@H](F)[C@@](C)(c2nc(Br)ccc2F)O1. The highest BCUT2D eigenvalue weighted by molar-refractivity contribution is 9.10. The first-order valence-electron chi connectivity index (χ1n) is 10.5. The van der Waals surface area contributed by atoms with Crippen LogP contribution in [0.1, 0.15) is 43.7 Å². The molecule has 0 radical (unpaired) electrons. The van der Waals surface area contributed by atoms with Crippen LogP contribution in [0.15, 0.2) is 52.1 Å². The molecule has 194 valence electrons. The number of benzene rings is 1. The maximum atomic E-state index is 15.4. The molecule has 0 saturated carbocycles. The number of hydrogen-bond acceptors (Lipinski definition) is 6. The Labute approximate surface area is 211 Å². The van der Waals surface area contributed by atoms with E-state index in [-0.39, 0.29) is 15.1 Å². The van der Waals surface area contributed by atoms with E-state index < -0.39 is 59.1 Å². The lowest BCUT2D eigenvalue weighted by molar-refractivity contribution is -0.190. The van der Waals surface area contributed by atoms with E-state index in [1.54, 1.807) is 6.07 Å². The third-order valence-electron chi connectivity index (χ3n) is 4.97. The van der Waals surface area contributed by atoms with Gasteiger partial charge in [-0.05, 0) is 67.9 Å². The minimum absolute atomic E-state index is 0.0205. The summed E-state index contributed by atoms with van der Waals surface area (Å²) in [6.07, 6.45) is -9.73. The molecule has 0 bridgehead atoms. The maximum absolute atomic E-state index is 15.4. The molecule has 1 aromatic heterocycles. The molecule has 13 heteroatoms. The number of rotatable bonds is 2. The van der Waals surface area contributed by atoms with Gasteiger partial charge >= 0.3 is 18.3 Å². The van der Waals surface area contributed by atoms with Crippen molar-refractivity contribution in [1.82, 2.24) is 9.88 Å². The highest BCUT2D eigenvalue weighted by Gasteiger charge is 2.60. The number of hydrogen-bond donors (Lipinski definition) is 0. The number of carbonyl (C=O) groups excluding carboxylic acids is 2. The molecule has 2 aromatic rings. The van der Waals surface area contributed by atoms with Gasteiger partial charge in [0.05, 0.1) is 0 Å². The fourth-order valence-corrected chi connectivity index (χ4v) is 3.62. The van der Waals surface area contributed by atoms with Crippen molar-refractivity contribution in [3.05, 3.63) is 64.1 Å². The zero-order chi connectivity index (χ0) is 27.1. The van der Waals surface area contributed by atoms with E-state index in [4.69, 9.17) is 9.47 Å². The van der Waals surface area contributed by atoms with E-state index in [0.717, 1.165) is 19.1 Å². The van der Waals surface area contributed by atoms with Gasteiger partial charge in [0.2, 0.25) is 0 Å². The van der Waals surface area contributed by atoms with Crippen LogP contribution < -0.4 is 0 Å². The Kier molecular flexibility index (Phi) is 7.45. The lowest BCUT2D eigenvalue weighted by Gasteiger charge is -2.41. The molecule has 36 heavy (non-hydrogen) atoms. The number of amides is 2. The third-order valence-corrected chi connectivity index (χ3v) is 5.41. The van der Waals surface area contributed by atoms with E-state index in [9.17, 15) is 27.2 Å². The predicted octanol–water partition coefficient (Wildman–Crippen LogP) is 5.93. The molecule has 0 N–H and O–H groups in total. The Morgan fingerprint density at radius 3 is 2.28 bits per heavy atom. The minimum Gasteiger partial charge on any atom is -0.448 e. The van der Waals surface area contributed by atoms with Crippen LogP contribution in [0, 0.1) is 5.82 Å². The molecular formula is C23H21BrF5N3O4. The molecule has 0 saturated heterocycles. The summed E-state index contributed by atoms with van der Waals surface area (Å²) in [5.41, 5.74) is -4.90. The van der Waals surface area contributed by atoms with Crippen molar-refractivity contribution in [2.24, 2.45) is 4.99 Å². The second-order valence-corrected chi connectivity index (χ2v) is 9.77. The van der Waals surface area contributed by atoms with E-state index in [1.807, 2.05) is 0 Å². The number of pyridine rings is 1. The van der Waals surface area contributed by atoms with Crippen molar-refractivity contribution in [3.8, 4) is 0 Å². The number of nitrogens with zero attached hydrogens (tertiary/aromatic N) is 3. The molecule has 1 aliphatic heterocycles. The Morgan fingerprint density at radius 1 is 1.11 bits per heavy atom. The van der Waals surface area contributed by atoms with Gasteiger partial charge < -0.3 is 9.47 Å². The van der Waals surface area contributed by atoms with Crippen LogP contribution in [-0.4, -0.2) is 51.9 Å². The molecule has 0 unspecified atom stereocenters. The summed E-state index contributed by atoms with van der Waals surface area (Å²) in [7, 11) is 0. The van der Waals surface area contributed by atoms with Gasteiger partial charge in [-0.2, -0.15) is 18.1 Å². The first kappa shape index (κ1) is 27.5. The molecule has 0 aliphatic carbocycles. The van der Waals surface area contributed by atoms with Gasteiger partial charge in [-0.25, -0.2) is 23.6 Å². The van der Waals surface area contributed by atoms with Crippen molar-refractivity contribution < 1.29 is 41.0 Å². The van der Waals surface area contributed by atoms with Crippen LogP contribution in [0.5, 0.6) is 0 Å². The fourth-order valence-electron chi connectivity index (χ4n) is 3.31. The van der Waals surface area contributed by atoms with Gasteiger partial charge in [-0.15, -0.1) is 0 Å². The van der Waals surface area contributed by atoms with Crippen molar-refractivity contribution in [2.45, 2.75) is 57.3 Å². The summed E-state index contributed by atoms with van der Waals surface area (Å²) in [5.74, 6) is -2.34. The quantitative estimate of drug-likeness (QED) is 0.326. The maximum Gasteiger partial charge on any atom is 0.425 e. The average Bonchev–Trinajstić information content (AvgIpc) is 2.76. The van der Waals surface area contributed by atoms with E-state index in [2.05, 4.69) is 25.9 Å². The van der Waals surface area contributed by atoms with Gasteiger partial charge in [-0.1, -0.05) is 18.2 Å². The van der Waals surface area contributed by atoms with Crippen molar-refractivity contribution >= 4 is 34.0 Å². The Hall–Kier alpha value is -3.09. The summed E-state index contributed by atoms with van der Waals surface area (Å²) < 4.78 is 82.5. The number of aliphatic imine (C=N–C) groups is 1. The van der Waals surface area contributed by atoms with Crippen LogP contribution in [0.3, 0.4) is 0 Å². The van der Waals surface area contributed by atoms with Crippen LogP contribution in [0.4, 0.5) is 26.7 Å². The highest BCUT2D eigenvalue weighted by Crippen LogP contribution is 2.43. The standard InChI is InChI=1S/C23H21BrF5N3O4/c1-21(2,3)36-20(34)32(18(33)12-8-6-5-7-9-12)19-31-17(23(27,28)29)15(26)22(4,35-19)16-13(25)10-11-14(24)30-16/h5-11,15,17H,1-4H3/t15-,17-,22+/m1/s1. The first-order chi connectivity index (χ1) is 16.5. The van der Waals surface area contributed by atoms with Gasteiger partial charge in [0.25, 0.3) is 5.91 Å². The second kappa shape index (κ2) is 9.75. The monoisotopic (exact) mass is 577 g/mol. The fraction of sp³-hybridized carbons (Fsp3) is 0.391. The minimum atomic E-state index is -5.30. The first-order valence-corrected chi connectivity index (χ1v) is 11.3. The van der Waals surface area contributed by atoms with Gasteiger partial charge in [-0.3, -0.25) is 4.79 Å². The van der Waals surface area contributed by atoms with E-state index >= 15 is 4.39 Å². The molecule has 2 heterocycles.